The lowest BCUT2D eigenvalue weighted by Crippen LogP contribution is -2.44. The summed E-state index contributed by atoms with van der Waals surface area (Å²) in [5.74, 6) is -9.21. The molecule has 0 fully saturated rings. The van der Waals surface area contributed by atoms with Crippen LogP contribution < -0.4 is 0 Å². The molecule has 0 saturated heterocycles. The Kier molecular flexibility index (Phi) is 5.57. The second-order valence-corrected chi connectivity index (χ2v) is 2.22. The summed E-state index contributed by atoms with van der Waals surface area (Å²) >= 11 is 0. The van der Waals surface area contributed by atoms with Gasteiger partial charge in [-0.3, -0.25) is 9.59 Å². The van der Waals surface area contributed by atoms with Gasteiger partial charge in [-0.15, -0.1) is 0 Å². The fourth-order valence-electron chi connectivity index (χ4n) is 0.551. The normalized spacial score (nSPS) is 9.82. The number of hydrogen-bond donors (Lipinski definition) is 0. The van der Waals surface area contributed by atoms with Gasteiger partial charge in [0.2, 0.25) is 0 Å². The largest absolute Gasteiger partial charge is 0.869 e. The molecule has 0 unspecified atom stereocenters. The molecule has 17 heavy (non-hydrogen) atoms. The van der Waals surface area contributed by atoms with Crippen LogP contribution >= 0.6 is 0 Å². The first-order valence-electron chi connectivity index (χ1n) is 3.75. The van der Waals surface area contributed by atoms with Gasteiger partial charge >= 0.3 is 25.2 Å². The van der Waals surface area contributed by atoms with Crippen molar-refractivity contribution in [3.63, 3.8) is 0 Å². The molecule has 0 spiro atoms. The van der Waals surface area contributed by atoms with Gasteiger partial charge in [0.15, 0.2) is 0 Å². The third-order valence-electron chi connectivity index (χ3n) is 1.23. The Hall–Kier alpha value is -2.20. The molecule has 0 aliphatic rings. The summed E-state index contributed by atoms with van der Waals surface area (Å²) in [5, 5.41) is 0. The van der Waals surface area contributed by atoms with Crippen molar-refractivity contribution in [1.82, 2.24) is 0 Å². The molecule has 0 bridgehead atoms. The van der Waals surface area contributed by atoms with Crippen molar-refractivity contribution in [2.75, 3.05) is 7.11 Å². The molecule has 0 aromatic heterocycles. The molecule has 0 aromatic carbocycles. The molecular formula is C6H5BF2O8. The summed E-state index contributed by atoms with van der Waals surface area (Å²) in [5.41, 5.74) is 0. The lowest BCUT2D eigenvalue weighted by atomic mass is 10.2. The molecule has 0 heterocycles. The van der Waals surface area contributed by atoms with Crippen LogP contribution in [-0.2, 0) is 37.9 Å². The summed E-state index contributed by atoms with van der Waals surface area (Å²) in [7, 11) is -1.70. The number of carbonyl (C=O) groups is 4. The maximum absolute atomic E-state index is 12.8. The van der Waals surface area contributed by atoms with Crippen LogP contribution in [0.2, 0.25) is 0 Å². The van der Waals surface area contributed by atoms with Crippen LogP contribution in [0.15, 0.2) is 0 Å². The number of esters is 1. The first kappa shape index (κ1) is 14.8. The smallest absolute Gasteiger partial charge is 0.464 e. The Morgan fingerprint density at radius 1 is 1.12 bits per heavy atom. The van der Waals surface area contributed by atoms with E-state index in [0.29, 0.717) is 7.11 Å². The van der Waals surface area contributed by atoms with Gasteiger partial charge in [-0.25, -0.2) is 9.59 Å². The maximum Gasteiger partial charge on any atom is 0.869 e. The van der Waals surface area contributed by atoms with Crippen molar-refractivity contribution in [3.8, 4) is 0 Å². The molecule has 0 N–H and O–H groups in total. The second kappa shape index (κ2) is 6.40. The third kappa shape index (κ3) is 4.05. The minimum Gasteiger partial charge on any atom is -0.464 e. The van der Waals surface area contributed by atoms with E-state index in [4.69, 9.17) is 0 Å². The van der Waals surface area contributed by atoms with Crippen molar-refractivity contribution in [2.45, 2.75) is 5.92 Å². The summed E-state index contributed by atoms with van der Waals surface area (Å²) in [6.07, 6.45) is 0. The molecule has 0 aliphatic carbocycles. The van der Waals surface area contributed by atoms with E-state index >= 15 is 0 Å². The number of ether oxygens (including phenoxy) is 1. The predicted octanol–water partition coefficient (Wildman–Crippen LogP) is -1.33. The van der Waals surface area contributed by atoms with Crippen LogP contribution in [0.1, 0.15) is 0 Å². The highest BCUT2D eigenvalue weighted by Gasteiger charge is 2.53. The minimum absolute atomic E-state index is 0.322. The van der Waals surface area contributed by atoms with Gasteiger partial charge < -0.3 is 18.7 Å². The van der Waals surface area contributed by atoms with E-state index in [1.165, 1.54) is 0 Å². The highest BCUT2D eigenvalue weighted by atomic mass is 19.3. The predicted molar refractivity (Wildman–Crippen MR) is 43.1 cm³/mol. The van der Waals surface area contributed by atoms with Crippen molar-refractivity contribution in [1.29, 1.82) is 0 Å². The third-order valence-corrected chi connectivity index (χ3v) is 1.23. The first-order valence-corrected chi connectivity index (χ1v) is 3.75. The van der Waals surface area contributed by atoms with E-state index in [0.717, 1.165) is 0 Å². The van der Waals surface area contributed by atoms with Crippen LogP contribution in [-0.4, -0.2) is 45.2 Å². The van der Waals surface area contributed by atoms with Crippen LogP contribution in [0.4, 0.5) is 8.78 Å². The minimum atomic E-state index is -4.62. The highest BCUT2D eigenvalue weighted by molar-refractivity contribution is 6.43. The molecular weight excluding hydrogens is 249 g/mol. The van der Waals surface area contributed by atoms with Gasteiger partial charge in [-0.2, -0.15) is 8.78 Å². The van der Waals surface area contributed by atoms with Crippen molar-refractivity contribution >= 4 is 32.2 Å². The Balaban J connectivity index is 4.63. The average molecular weight is 254 g/mol. The summed E-state index contributed by atoms with van der Waals surface area (Å²) < 4.78 is 40.6. The summed E-state index contributed by atoms with van der Waals surface area (Å²) in [4.78, 5) is 40.9. The van der Waals surface area contributed by atoms with E-state index in [1.807, 2.05) is 0 Å². The molecule has 8 nitrogen and oxygen atoms in total. The standard InChI is InChI=1S/C6H5BF2O8/c1-14-4(12)6(8,9)5(13)17-7(15-2-10)16-3-11/h2-3H,1H3. The monoisotopic (exact) mass is 254 g/mol. The molecule has 0 radical (unpaired) electrons. The SMILES string of the molecule is COC(=O)C(F)(F)C(=O)OB(OC=O)OC=O. The van der Waals surface area contributed by atoms with E-state index in [1.54, 1.807) is 0 Å². The Morgan fingerprint density at radius 2 is 1.59 bits per heavy atom. The zero-order chi connectivity index (χ0) is 13.5. The highest BCUT2D eigenvalue weighted by Crippen LogP contribution is 2.17. The van der Waals surface area contributed by atoms with Crippen LogP contribution in [0.5, 0.6) is 0 Å². The van der Waals surface area contributed by atoms with Crippen LogP contribution in [0.25, 0.3) is 0 Å². The quantitative estimate of drug-likeness (QED) is 0.238. The van der Waals surface area contributed by atoms with Gasteiger partial charge in [0.1, 0.15) is 0 Å². The van der Waals surface area contributed by atoms with Crippen molar-refractivity contribution < 1.29 is 46.7 Å². The van der Waals surface area contributed by atoms with E-state index in [9.17, 15) is 28.0 Å². The molecule has 94 valence electrons. The topological polar surface area (TPSA) is 105 Å². The maximum atomic E-state index is 12.8. The lowest BCUT2D eigenvalue weighted by Gasteiger charge is -2.13. The molecule has 0 aliphatic heterocycles. The van der Waals surface area contributed by atoms with Crippen molar-refractivity contribution in [2.24, 2.45) is 0 Å². The molecule has 0 atom stereocenters. The molecule has 0 aromatic rings. The van der Waals surface area contributed by atoms with Crippen LogP contribution in [0, 0.1) is 0 Å². The zero-order valence-corrected chi connectivity index (χ0v) is 8.25. The Morgan fingerprint density at radius 3 is 1.94 bits per heavy atom. The lowest BCUT2D eigenvalue weighted by molar-refractivity contribution is -0.184. The van der Waals surface area contributed by atoms with Gasteiger partial charge in [0.25, 0.3) is 12.9 Å². The van der Waals surface area contributed by atoms with Gasteiger partial charge in [-0.1, -0.05) is 0 Å². The van der Waals surface area contributed by atoms with E-state index in [-0.39, 0.29) is 12.9 Å². The summed E-state index contributed by atoms with van der Waals surface area (Å²) in [6.45, 7) is -0.643. The number of alkyl halides is 2. The van der Waals surface area contributed by atoms with E-state index < -0.39 is 25.2 Å². The fraction of sp³-hybridized carbons (Fsp3) is 0.333. The summed E-state index contributed by atoms with van der Waals surface area (Å²) in [6, 6.07) is 0. The fourth-order valence-corrected chi connectivity index (χ4v) is 0.551. The van der Waals surface area contributed by atoms with Crippen molar-refractivity contribution in [3.05, 3.63) is 0 Å². The van der Waals surface area contributed by atoms with Gasteiger partial charge in [0, 0.05) is 0 Å². The molecule has 0 rings (SSSR count). The Labute approximate surface area is 92.9 Å². The number of rotatable bonds is 7. The Bertz CT molecular complexity index is 309. The zero-order valence-electron chi connectivity index (χ0n) is 8.25. The van der Waals surface area contributed by atoms with Gasteiger partial charge in [0.05, 0.1) is 7.11 Å². The molecule has 11 heteroatoms. The molecule has 0 saturated carbocycles. The molecule has 0 amide bonds. The van der Waals surface area contributed by atoms with E-state index in [2.05, 4.69) is 18.7 Å². The number of hydrogen-bond acceptors (Lipinski definition) is 8. The van der Waals surface area contributed by atoms with Crippen LogP contribution in [0.3, 0.4) is 0 Å². The van der Waals surface area contributed by atoms with Gasteiger partial charge in [-0.05, 0) is 0 Å². The number of halogens is 2. The average Bonchev–Trinajstić information content (AvgIpc) is 2.28. The number of carbonyl (C=O) groups excluding carboxylic acids is 4. The second-order valence-electron chi connectivity index (χ2n) is 2.22. The number of methoxy groups -OCH3 is 1. The first-order chi connectivity index (χ1) is 7.89.